The maximum atomic E-state index is 12.3. The molecular weight excluding hydrogens is 393 g/mol. The second-order valence-corrected chi connectivity index (χ2v) is 7.39. The number of amides is 1. The lowest BCUT2D eigenvalue weighted by Gasteiger charge is -2.18. The van der Waals surface area contributed by atoms with Crippen LogP contribution in [0.1, 0.15) is 24.1 Å². The van der Waals surface area contributed by atoms with Gasteiger partial charge in [-0.1, -0.05) is 29.3 Å². The van der Waals surface area contributed by atoms with Crippen molar-refractivity contribution in [1.82, 2.24) is 5.32 Å². The van der Waals surface area contributed by atoms with Crippen LogP contribution in [0, 0.1) is 0 Å². The molecule has 0 aromatic heterocycles. The van der Waals surface area contributed by atoms with Crippen LogP contribution in [0.25, 0.3) is 0 Å². The molecule has 0 saturated carbocycles. The molecule has 7 heteroatoms. The van der Waals surface area contributed by atoms with E-state index < -0.39 is 0 Å². The van der Waals surface area contributed by atoms with Gasteiger partial charge in [-0.25, -0.2) is 0 Å². The lowest BCUT2D eigenvalue weighted by molar-refractivity contribution is -0.119. The molecule has 0 aliphatic carbocycles. The molecule has 0 spiro atoms. The molecule has 0 fully saturated rings. The van der Waals surface area contributed by atoms with Gasteiger partial charge in [0, 0.05) is 21.4 Å². The van der Waals surface area contributed by atoms with E-state index in [1.807, 2.05) is 25.1 Å². The first-order chi connectivity index (χ1) is 12.5. The fourth-order valence-electron chi connectivity index (χ4n) is 2.45. The number of hydrogen-bond acceptors (Lipinski definition) is 4. The smallest absolute Gasteiger partial charge is 0.230 e. The Hall–Kier alpha value is -1.56. The Kier molecular flexibility index (Phi) is 7.94. The van der Waals surface area contributed by atoms with E-state index in [4.69, 9.17) is 32.7 Å². The Labute approximate surface area is 168 Å². The van der Waals surface area contributed by atoms with Gasteiger partial charge in [-0.3, -0.25) is 4.79 Å². The Morgan fingerprint density at radius 2 is 1.85 bits per heavy atom. The van der Waals surface area contributed by atoms with Crippen molar-refractivity contribution in [1.29, 1.82) is 0 Å². The largest absolute Gasteiger partial charge is 0.497 e. The van der Waals surface area contributed by atoms with Crippen LogP contribution in [0.15, 0.2) is 36.4 Å². The molecule has 0 saturated heterocycles. The third-order valence-electron chi connectivity index (χ3n) is 3.82. The number of benzene rings is 2. The zero-order valence-corrected chi connectivity index (χ0v) is 17.2. The molecule has 26 heavy (non-hydrogen) atoms. The summed E-state index contributed by atoms with van der Waals surface area (Å²) in [7, 11) is 3.20. The Morgan fingerprint density at radius 1 is 1.15 bits per heavy atom. The van der Waals surface area contributed by atoms with E-state index in [9.17, 15) is 4.79 Å². The van der Waals surface area contributed by atoms with E-state index >= 15 is 0 Å². The van der Waals surface area contributed by atoms with Crippen molar-refractivity contribution < 1.29 is 14.3 Å². The van der Waals surface area contributed by atoms with E-state index in [1.54, 1.807) is 32.4 Å². The zero-order valence-electron chi connectivity index (χ0n) is 14.8. The minimum Gasteiger partial charge on any atom is -0.497 e. The third-order valence-corrected chi connectivity index (χ3v) is 5.49. The molecule has 0 radical (unpaired) electrons. The monoisotopic (exact) mass is 413 g/mol. The molecule has 0 heterocycles. The number of carbonyl (C=O) groups is 1. The van der Waals surface area contributed by atoms with Crippen molar-refractivity contribution in [2.24, 2.45) is 0 Å². The van der Waals surface area contributed by atoms with E-state index in [1.165, 1.54) is 11.8 Å². The summed E-state index contributed by atoms with van der Waals surface area (Å²) < 4.78 is 10.6. The lowest BCUT2D eigenvalue weighted by Crippen LogP contribution is -2.28. The van der Waals surface area contributed by atoms with Crippen molar-refractivity contribution in [3.63, 3.8) is 0 Å². The maximum absolute atomic E-state index is 12.3. The maximum Gasteiger partial charge on any atom is 0.230 e. The Morgan fingerprint density at radius 3 is 2.46 bits per heavy atom. The molecule has 0 bridgehead atoms. The molecule has 2 aromatic rings. The molecule has 0 aliphatic heterocycles. The first-order valence-corrected chi connectivity index (χ1v) is 9.89. The van der Waals surface area contributed by atoms with Crippen LogP contribution in [0.5, 0.6) is 11.5 Å². The predicted octanol–water partition coefficient (Wildman–Crippen LogP) is 5.12. The number of halogens is 2. The molecule has 1 atom stereocenters. The van der Waals surface area contributed by atoms with Gasteiger partial charge in [0.25, 0.3) is 0 Å². The highest BCUT2D eigenvalue weighted by Gasteiger charge is 2.15. The van der Waals surface area contributed by atoms with Gasteiger partial charge >= 0.3 is 0 Å². The molecular formula is C19H21Cl2NO3S. The van der Waals surface area contributed by atoms with E-state index in [0.717, 1.165) is 11.1 Å². The van der Waals surface area contributed by atoms with Crippen LogP contribution < -0.4 is 14.8 Å². The highest BCUT2D eigenvalue weighted by atomic mass is 35.5. The summed E-state index contributed by atoms with van der Waals surface area (Å²) in [5, 5.41) is 4.20. The van der Waals surface area contributed by atoms with Gasteiger partial charge < -0.3 is 14.8 Å². The first-order valence-electron chi connectivity index (χ1n) is 7.98. The van der Waals surface area contributed by atoms with Gasteiger partial charge in [-0.15, -0.1) is 11.8 Å². The quantitative estimate of drug-likeness (QED) is 0.651. The number of nitrogens with one attached hydrogen (secondary N) is 1. The van der Waals surface area contributed by atoms with Gasteiger partial charge in [0.2, 0.25) is 5.91 Å². The summed E-state index contributed by atoms with van der Waals surface area (Å²) in [5.74, 6) is 2.22. The highest BCUT2D eigenvalue weighted by molar-refractivity contribution is 7.99. The van der Waals surface area contributed by atoms with Gasteiger partial charge in [-0.2, -0.15) is 0 Å². The number of carbonyl (C=O) groups excluding carboxylic acids is 1. The van der Waals surface area contributed by atoms with Crippen molar-refractivity contribution in [3.05, 3.63) is 57.6 Å². The summed E-state index contributed by atoms with van der Waals surface area (Å²) >= 11 is 13.8. The van der Waals surface area contributed by atoms with Crippen LogP contribution in [0.2, 0.25) is 10.0 Å². The molecule has 4 nitrogen and oxygen atoms in total. The molecule has 0 aliphatic rings. The van der Waals surface area contributed by atoms with Gasteiger partial charge in [-0.05, 0) is 42.8 Å². The van der Waals surface area contributed by atoms with Crippen LogP contribution in [0.3, 0.4) is 0 Å². The lowest BCUT2D eigenvalue weighted by atomic mass is 10.1. The zero-order chi connectivity index (χ0) is 19.1. The van der Waals surface area contributed by atoms with Crippen LogP contribution in [0.4, 0.5) is 0 Å². The van der Waals surface area contributed by atoms with Gasteiger partial charge in [0.05, 0.1) is 26.0 Å². The molecule has 2 rings (SSSR count). The van der Waals surface area contributed by atoms with Gasteiger partial charge in [0.1, 0.15) is 11.5 Å². The molecule has 1 N–H and O–H groups in total. The van der Waals surface area contributed by atoms with Crippen LogP contribution >= 0.6 is 35.0 Å². The highest BCUT2D eigenvalue weighted by Crippen LogP contribution is 2.30. The fraction of sp³-hybridized carbons (Fsp3) is 0.316. The standard InChI is InChI=1S/C19H21Cl2NO3S/c1-12(14-9-13(24-2)7-8-18(14)25-3)22-19(23)11-26-10-15-16(20)5-4-6-17(15)21/h4-9,12H,10-11H2,1-3H3,(H,22,23)/t12-/m0/s1. The molecule has 1 amide bonds. The Bertz CT molecular complexity index is 750. The average molecular weight is 414 g/mol. The minimum absolute atomic E-state index is 0.0736. The first kappa shape index (κ1) is 20.7. The number of rotatable bonds is 8. The SMILES string of the molecule is COc1ccc(OC)c([C@H](C)NC(=O)CSCc2c(Cl)cccc2Cl)c1. The van der Waals surface area contributed by atoms with Crippen molar-refractivity contribution in [2.75, 3.05) is 20.0 Å². The van der Waals surface area contributed by atoms with Gasteiger partial charge in [0.15, 0.2) is 0 Å². The number of methoxy groups -OCH3 is 2. The van der Waals surface area contributed by atoms with Crippen molar-refractivity contribution in [2.45, 2.75) is 18.7 Å². The van der Waals surface area contributed by atoms with E-state index in [2.05, 4.69) is 5.32 Å². The Balaban J connectivity index is 1.93. The number of ether oxygens (including phenoxy) is 2. The van der Waals surface area contributed by atoms with Crippen molar-refractivity contribution in [3.8, 4) is 11.5 Å². The van der Waals surface area contributed by atoms with Crippen LogP contribution in [-0.2, 0) is 10.5 Å². The van der Waals surface area contributed by atoms with Crippen molar-refractivity contribution >= 4 is 40.9 Å². The van der Waals surface area contributed by atoms with Crippen LogP contribution in [-0.4, -0.2) is 25.9 Å². The number of thioether (sulfide) groups is 1. The normalized spacial score (nSPS) is 11.7. The summed E-state index contributed by atoms with van der Waals surface area (Å²) in [5.41, 5.74) is 1.70. The van der Waals surface area contributed by atoms with E-state index in [-0.39, 0.29) is 11.9 Å². The molecule has 140 valence electrons. The average Bonchev–Trinajstić information content (AvgIpc) is 2.63. The second-order valence-electron chi connectivity index (χ2n) is 5.59. The molecule has 2 aromatic carbocycles. The minimum atomic E-state index is -0.211. The fourth-order valence-corrected chi connectivity index (χ4v) is 4.03. The summed E-state index contributed by atoms with van der Waals surface area (Å²) in [6.07, 6.45) is 0. The predicted molar refractivity (Wildman–Crippen MR) is 109 cm³/mol. The number of hydrogen-bond donors (Lipinski definition) is 1. The molecule has 0 unspecified atom stereocenters. The summed E-state index contributed by atoms with van der Waals surface area (Å²) in [6, 6.07) is 10.7. The summed E-state index contributed by atoms with van der Waals surface area (Å²) in [4.78, 5) is 12.3. The summed E-state index contributed by atoms with van der Waals surface area (Å²) in [6.45, 7) is 1.91. The van der Waals surface area contributed by atoms with E-state index in [0.29, 0.717) is 33.0 Å². The second kappa shape index (κ2) is 9.95. The topological polar surface area (TPSA) is 47.6 Å². The third kappa shape index (κ3) is 5.47.